The molecule has 0 amide bonds. The van der Waals surface area contributed by atoms with Crippen LogP contribution in [0.25, 0.3) is 0 Å². The highest BCUT2D eigenvalue weighted by Crippen LogP contribution is 2.27. The smallest absolute Gasteiger partial charge is 0.250 e. The summed E-state index contributed by atoms with van der Waals surface area (Å²) in [5.41, 5.74) is -0.167. The topological polar surface area (TPSA) is 51.3 Å². The van der Waals surface area contributed by atoms with Gasteiger partial charge in [0.05, 0.1) is 0 Å². The van der Waals surface area contributed by atoms with E-state index in [0.717, 1.165) is 6.42 Å². The second kappa shape index (κ2) is 3.12. The number of ether oxygens (including phenoxy) is 2. The predicted molar refractivity (Wildman–Crippen MR) is 47.3 cm³/mol. The van der Waals surface area contributed by atoms with Crippen LogP contribution in [0.2, 0.25) is 0 Å². The molecule has 1 N–H and O–H groups in total. The number of aromatic nitrogens is 1. The summed E-state index contributed by atoms with van der Waals surface area (Å²) < 4.78 is 10.9. The molecule has 13 heavy (non-hydrogen) atoms. The molecule has 0 saturated carbocycles. The van der Waals surface area contributed by atoms with E-state index in [2.05, 4.69) is 4.98 Å². The van der Waals surface area contributed by atoms with Crippen LogP contribution < -0.4 is 15.0 Å². The van der Waals surface area contributed by atoms with Gasteiger partial charge in [-0.05, 0) is 12.5 Å². The summed E-state index contributed by atoms with van der Waals surface area (Å²) in [5, 5.41) is 0. The van der Waals surface area contributed by atoms with Gasteiger partial charge in [-0.15, -0.1) is 0 Å². The molecule has 1 aliphatic rings. The lowest BCUT2D eigenvalue weighted by atomic mass is 10.3. The maximum atomic E-state index is 10.9. The molecule has 2 heterocycles. The number of hydrogen-bond donors (Lipinski definition) is 1. The zero-order valence-corrected chi connectivity index (χ0v) is 7.37. The predicted octanol–water partition coefficient (Wildman–Crippen LogP) is 0.925. The van der Waals surface area contributed by atoms with E-state index in [1.54, 1.807) is 6.07 Å². The van der Waals surface area contributed by atoms with Crippen LogP contribution in [0.5, 0.6) is 11.6 Å². The highest BCUT2D eigenvalue weighted by molar-refractivity contribution is 5.33. The molecule has 1 aliphatic heterocycles. The number of rotatable bonds is 1. The first-order valence-corrected chi connectivity index (χ1v) is 4.32. The molecule has 0 saturated heterocycles. The van der Waals surface area contributed by atoms with Gasteiger partial charge < -0.3 is 9.47 Å². The minimum atomic E-state index is -0.167. The Morgan fingerprint density at radius 2 is 2.46 bits per heavy atom. The SMILES string of the molecule is CCC1COc2ccc(=O)[nH]c2O1. The van der Waals surface area contributed by atoms with Crippen molar-refractivity contribution in [1.82, 2.24) is 4.98 Å². The Balaban J connectivity index is 2.32. The minimum absolute atomic E-state index is 0.0468. The Kier molecular flexibility index (Phi) is 1.96. The lowest BCUT2D eigenvalue weighted by Crippen LogP contribution is -2.29. The number of fused-ring (bicyclic) bond motifs is 1. The first-order valence-electron chi connectivity index (χ1n) is 4.32. The molecule has 1 aromatic heterocycles. The fourth-order valence-corrected chi connectivity index (χ4v) is 1.23. The van der Waals surface area contributed by atoms with E-state index >= 15 is 0 Å². The van der Waals surface area contributed by atoms with E-state index in [1.807, 2.05) is 6.92 Å². The average molecular weight is 181 g/mol. The van der Waals surface area contributed by atoms with Gasteiger partial charge in [0.2, 0.25) is 5.88 Å². The molecule has 2 rings (SSSR count). The number of aromatic amines is 1. The molecule has 0 aromatic carbocycles. The fourth-order valence-electron chi connectivity index (χ4n) is 1.23. The molecular weight excluding hydrogens is 170 g/mol. The third kappa shape index (κ3) is 1.52. The van der Waals surface area contributed by atoms with Crippen LogP contribution in [0, 0.1) is 0 Å². The Bertz CT molecular complexity index is 358. The Morgan fingerprint density at radius 1 is 1.62 bits per heavy atom. The van der Waals surface area contributed by atoms with E-state index in [9.17, 15) is 4.79 Å². The molecule has 0 bridgehead atoms. The number of nitrogens with one attached hydrogen (secondary N) is 1. The van der Waals surface area contributed by atoms with E-state index in [0.29, 0.717) is 18.2 Å². The van der Waals surface area contributed by atoms with E-state index in [1.165, 1.54) is 6.07 Å². The zero-order valence-electron chi connectivity index (χ0n) is 7.37. The van der Waals surface area contributed by atoms with Gasteiger partial charge in [-0.3, -0.25) is 9.78 Å². The van der Waals surface area contributed by atoms with Crippen LogP contribution in [0.4, 0.5) is 0 Å². The second-order valence-electron chi connectivity index (χ2n) is 2.98. The summed E-state index contributed by atoms with van der Waals surface area (Å²) in [6.07, 6.45) is 0.918. The van der Waals surface area contributed by atoms with Gasteiger partial charge in [-0.25, -0.2) is 0 Å². The third-order valence-electron chi connectivity index (χ3n) is 2.01. The largest absolute Gasteiger partial charge is 0.484 e. The van der Waals surface area contributed by atoms with Gasteiger partial charge in [0.1, 0.15) is 12.7 Å². The fraction of sp³-hybridized carbons (Fsp3) is 0.444. The lowest BCUT2D eigenvalue weighted by molar-refractivity contribution is 0.0821. The van der Waals surface area contributed by atoms with Crippen LogP contribution in [0.15, 0.2) is 16.9 Å². The molecule has 70 valence electrons. The number of H-pyrrole nitrogens is 1. The molecule has 0 fully saturated rings. The van der Waals surface area contributed by atoms with Crippen molar-refractivity contribution in [2.24, 2.45) is 0 Å². The maximum Gasteiger partial charge on any atom is 0.250 e. The van der Waals surface area contributed by atoms with Crippen LogP contribution in [0.1, 0.15) is 13.3 Å². The molecule has 0 aliphatic carbocycles. The molecule has 1 unspecified atom stereocenters. The molecular formula is C9H11NO3. The van der Waals surface area contributed by atoms with E-state index in [-0.39, 0.29) is 11.7 Å². The highest BCUT2D eigenvalue weighted by atomic mass is 16.6. The van der Waals surface area contributed by atoms with Crippen LogP contribution >= 0.6 is 0 Å². The van der Waals surface area contributed by atoms with Crippen molar-refractivity contribution in [2.45, 2.75) is 19.4 Å². The van der Waals surface area contributed by atoms with Crippen molar-refractivity contribution in [2.75, 3.05) is 6.61 Å². The van der Waals surface area contributed by atoms with E-state index < -0.39 is 0 Å². The summed E-state index contributed by atoms with van der Waals surface area (Å²) in [6.45, 7) is 2.57. The highest BCUT2D eigenvalue weighted by Gasteiger charge is 2.19. The molecule has 0 radical (unpaired) electrons. The second-order valence-corrected chi connectivity index (χ2v) is 2.98. The monoisotopic (exact) mass is 181 g/mol. The Hall–Kier alpha value is -1.45. The van der Waals surface area contributed by atoms with Gasteiger partial charge in [-0.1, -0.05) is 6.92 Å². The Morgan fingerprint density at radius 3 is 3.23 bits per heavy atom. The summed E-state index contributed by atoms with van der Waals surface area (Å²) in [6, 6.07) is 3.05. The lowest BCUT2D eigenvalue weighted by Gasteiger charge is -2.24. The molecule has 0 spiro atoms. The summed E-state index contributed by atoms with van der Waals surface area (Å²) in [5.74, 6) is 1.06. The summed E-state index contributed by atoms with van der Waals surface area (Å²) in [7, 11) is 0. The van der Waals surface area contributed by atoms with Gasteiger partial charge in [0.15, 0.2) is 5.75 Å². The minimum Gasteiger partial charge on any atom is -0.484 e. The number of hydrogen-bond acceptors (Lipinski definition) is 3. The van der Waals surface area contributed by atoms with Crippen LogP contribution in [-0.4, -0.2) is 17.7 Å². The normalized spacial score (nSPS) is 19.9. The van der Waals surface area contributed by atoms with Crippen molar-refractivity contribution in [3.05, 3.63) is 22.5 Å². The van der Waals surface area contributed by atoms with Crippen molar-refractivity contribution in [1.29, 1.82) is 0 Å². The van der Waals surface area contributed by atoms with Crippen molar-refractivity contribution >= 4 is 0 Å². The maximum absolute atomic E-state index is 10.9. The van der Waals surface area contributed by atoms with E-state index in [4.69, 9.17) is 9.47 Å². The van der Waals surface area contributed by atoms with Gasteiger partial charge in [0, 0.05) is 6.07 Å². The van der Waals surface area contributed by atoms with Crippen molar-refractivity contribution in [3.63, 3.8) is 0 Å². The first kappa shape index (κ1) is 8.16. The molecule has 4 heteroatoms. The number of pyridine rings is 1. The first-order chi connectivity index (χ1) is 6.29. The van der Waals surface area contributed by atoms with Crippen LogP contribution in [0.3, 0.4) is 0 Å². The van der Waals surface area contributed by atoms with Crippen LogP contribution in [-0.2, 0) is 0 Å². The quantitative estimate of drug-likeness (QED) is 0.701. The summed E-state index contributed by atoms with van der Waals surface area (Å²) in [4.78, 5) is 13.5. The average Bonchev–Trinajstić information content (AvgIpc) is 2.16. The summed E-state index contributed by atoms with van der Waals surface area (Å²) >= 11 is 0. The standard InChI is InChI=1S/C9H11NO3/c1-2-6-5-12-7-3-4-8(11)10-9(7)13-6/h3-4,6H,2,5H2,1H3,(H,10,11). The molecule has 4 nitrogen and oxygen atoms in total. The van der Waals surface area contributed by atoms with Gasteiger partial charge >= 0.3 is 0 Å². The Labute approximate surface area is 75.5 Å². The zero-order chi connectivity index (χ0) is 9.26. The molecule has 1 atom stereocenters. The van der Waals surface area contributed by atoms with Crippen molar-refractivity contribution in [3.8, 4) is 11.6 Å². The van der Waals surface area contributed by atoms with Crippen molar-refractivity contribution < 1.29 is 9.47 Å². The third-order valence-corrected chi connectivity index (χ3v) is 2.01. The molecule has 1 aromatic rings. The van der Waals surface area contributed by atoms with Gasteiger partial charge in [-0.2, -0.15) is 0 Å². The van der Waals surface area contributed by atoms with Gasteiger partial charge in [0.25, 0.3) is 5.56 Å².